The van der Waals surface area contributed by atoms with Gasteiger partial charge in [0.15, 0.2) is 0 Å². The summed E-state index contributed by atoms with van der Waals surface area (Å²) in [5, 5.41) is 10.4. The Morgan fingerprint density at radius 2 is 2.00 bits per heavy atom. The Bertz CT molecular complexity index is 367. The Morgan fingerprint density at radius 1 is 1.38 bits per heavy atom. The SMILES string of the molecule is CC(C)C1CC(O)(Cc2ccccc2Br)C1. The van der Waals surface area contributed by atoms with Gasteiger partial charge >= 0.3 is 0 Å². The van der Waals surface area contributed by atoms with Crippen LogP contribution in [0, 0.1) is 11.8 Å². The van der Waals surface area contributed by atoms with Crippen molar-refractivity contribution < 1.29 is 5.11 Å². The van der Waals surface area contributed by atoms with Gasteiger partial charge in [0.25, 0.3) is 0 Å². The monoisotopic (exact) mass is 282 g/mol. The molecule has 1 aromatic rings. The second kappa shape index (κ2) is 4.50. The Labute approximate surface area is 106 Å². The summed E-state index contributed by atoms with van der Waals surface area (Å²) in [5.41, 5.74) is 0.755. The van der Waals surface area contributed by atoms with Gasteiger partial charge in [-0.2, -0.15) is 0 Å². The summed E-state index contributed by atoms with van der Waals surface area (Å²) in [4.78, 5) is 0. The fourth-order valence-corrected chi connectivity index (χ4v) is 2.95. The van der Waals surface area contributed by atoms with Crippen molar-refractivity contribution in [1.29, 1.82) is 0 Å². The predicted octanol–water partition coefficient (Wildman–Crippen LogP) is 3.79. The van der Waals surface area contributed by atoms with Gasteiger partial charge in [0.1, 0.15) is 0 Å². The first kappa shape index (κ1) is 12.1. The fraction of sp³-hybridized carbons (Fsp3) is 0.571. The van der Waals surface area contributed by atoms with Gasteiger partial charge in [-0.1, -0.05) is 48.0 Å². The summed E-state index contributed by atoms with van der Waals surface area (Å²) in [6.45, 7) is 4.48. The molecule has 2 rings (SSSR count). The van der Waals surface area contributed by atoms with Crippen LogP contribution in [0.25, 0.3) is 0 Å². The topological polar surface area (TPSA) is 20.2 Å². The molecule has 16 heavy (non-hydrogen) atoms. The van der Waals surface area contributed by atoms with Gasteiger partial charge in [0, 0.05) is 10.9 Å². The minimum absolute atomic E-state index is 0.460. The maximum Gasteiger partial charge on any atom is 0.0693 e. The molecule has 1 fully saturated rings. The molecular weight excluding hydrogens is 264 g/mol. The van der Waals surface area contributed by atoms with Gasteiger partial charge in [-0.05, 0) is 36.3 Å². The van der Waals surface area contributed by atoms with Gasteiger partial charge in [-0.25, -0.2) is 0 Å². The molecule has 0 unspecified atom stereocenters. The second-order valence-electron chi connectivity index (χ2n) is 5.40. The Balaban J connectivity index is 1.99. The van der Waals surface area contributed by atoms with Gasteiger partial charge in [0.2, 0.25) is 0 Å². The molecule has 1 aromatic carbocycles. The fourth-order valence-electron chi connectivity index (χ4n) is 2.53. The first-order chi connectivity index (χ1) is 7.50. The van der Waals surface area contributed by atoms with Crippen LogP contribution in [0.4, 0.5) is 0 Å². The summed E-state index contributed by atoms with van der Waals surface area (Å²) in [5.74, 6) is 1.40. The number of aliphatic hydroxyl groups is 1. The Morgan fingerprint density at radius 3 is 2.56 bits per heavy atom. The molecule has 0 atom stereocenters. The summed E-state index contributed by atoms with van der Waals surface area (Å²) >= 11 is 3.54. The van der Waals surface area contributed by atoms with Crippen molar-refractivity contribution in [2.45, 2.75) is 38.7 Å². The lowest BCUT2D eigenvalue weighted by molar-refractivity contribution is -0.0861. The molecule has 1 aliphatic rings. The minimum Gasteiger partial charge on any atom is -0.390 e. The molecule has 2 heteroatoms. The van der Waals surface area contributed by atoms with E-state index in [0.717, 1.165) is 23.7 Å². The zero-order chi connectivity index (χ0) is 11.8. The van der Waals surface area contributed by atoms with E-state index in [9.17, 15) is 5.11 Å². The lowest BCUT2D eigenvalue weighted by Crippen LogP contribution is -2.47. The van der Waals surface area contributed by atoms with E-state index in [1.165, 1.54) is 5.56 Å². The van der Waals surface area contributed by atoms with Crippen LogP contribution in [-0.4, -0.2) is 10.7 Å². The highest BCUT2D eigenvalue weighted by Crippen LogP contribution is 2.44. The molecule has 0 saturated heterocycles. The minimum atomic E-state index is -0.460. The van der Waals surface area contributed by atoms with E-state index in [4.69, 9.17) is 0 Å². The molecule has 0 radical (unpaired) electrons. The summed E-state index contributed by atoms with van der Waals surface area (Å²) in [6, 6.07) is 8.17. The molecule has 1 nitrogen and oxygen atoms in total. The van der Waals surface area contributed by atoms with Crippen molar-refractivity contribution in [1.82, 2.24) is 0 Å². The molecule has 0 heterocycles. The molecule has 1 saturated carbocycles. The zero-order valence-corrected chi connectivity index (χ0v) is 11.5. The first-order valence-electron chi connectivity index (χ1n) is 5.96. The van der Waals surface area contributed by atoms with E-state index in [-0.39, 0.29) is 0 Å². The first-order valence-corrected chi connectivity index (χ1v) is 6.75. The van der Waals surface area contributed by atoms with E-state index < -0.39 is 5.60 Å². The molecule has 1 N–H and O–H groups in total. The lowest BCUT2D eigenvalue weighted by Gasteiger charge is -2.46. The summed E-state index contributed by atoms with van der Waals surface area (Å²) in [6.07, 6.45) is 2.68. The van der Waals surface area contributed by atoms with Crippen molar-refractivity contribution >= 4 is 15.9 Å². The quantitative estimate of drug-likeness (QED) is 0.894. The van der Waals surface area contributed by atoms with E-state index in [0.29, 0.717) is 11.8 Å². The highest BCUT2D eigenvalue weighted by atomic mass is 79.9. The number of hydrogen-bond donors (Lipinski definition) is 1. The van der Waals surface area contributed by atoms with Crippen LogP contribution in [0.15, 0.2) is 28.7 Å². The molecule has 88 valence electrons. The summed E-state index contributed by atoms with van der Waals surface area (Å²) < 4.78 is 1.11. The van der Waals surface area contributed by atoms with Crippen LogP contribution < -0.4 is 0 Å². The highest BCUT2D eigenvalue weighted by molar-refractivity contribution is 9.10. The second-order valence-corrected chi connectivity index (χ2v) is 6.26. The molecule has 0 aliphatic heterocycles. The lowest BCUT2D eigenvalue weighted by atomic mass is 9.64. The molecule has 0 bridgehead atoms. The number of rotatable bonds is 3. The van der Waals surface area contributed by atoms with E-state index >= 15 is 0 Å². The van der Waals surface area contributed by atoms with Gasteiger partial charge < -0.3 is 5.11 Å². The maximum atomic E-state index is 10.4. The number of hydrogen-bond acceptors (Lipinski definition) is 1. The van der Waals surface area contributed by atoms with Crippen molar-refractivity contribution in [3.8, 4) is 0 Å². The van der Waals surface area contributed by atoms with E-state index in [1.807, 2.05) is 18.2 Å². The standard InChI is InChI=1S/C14H19BrO/c1-10(2)12-8-14(16,9-12)7-11-5-3-4-6-13(11)15/h3-6,10,12,16H,7-9H2,1-2H3. The smallest absolute Gasteiger partial charge is 0.0693 e. The highest BCUT2D eigenvalue weighted by Gasteiger charge is 2.43. The van der Waals surface area contributed by atoms with Crippen LogP contribution in [0.5, 0.6) is 0 Å². The van der Waals surface area contributed by atoms with Crippen LogP contribution >= 0.6 is 15.9 Å². The van der Waals surface area contributed by atoms with Gasteiger partial charge in [-0.15, -0.1) is 0 Å². The number of benzene rings is 1. The molecule has 0 aromatic heterocycles. The van der Waals surface area contributed by atoms with Crippen LogP contribution in [0.3, 0.4) is 0 Å². The Kier molecular flexibility index (Phi) is 3.41. The van der Waals surface area contributed by atoms with Gasteiger partial charge in [-0.3, -0.25) is 0 Å². The van der Waals surface area contributed by atoms with Crippen molar-refractivity contribution in [2.75, 3.05) is 0 Å². The molecule has 0 spiro atoms. The molecular formula is C14H19BrO. The van der Waals surface area contributed by atoms with Crippen LogP contribution in [0.1, 0.15) is 32.3 Å². The predicted molar refractivity (Wildman–Crippen MR) is 70.4 cm³/mol. The largest absolute Gasteiger partial charge is 0.390 e. The van der Waals surface area contributed by atoms with Crippen molar-refractivity contribution in [2.24, 2.45) is 11.8 Å². The van der Waals surface area contributed by atoms with Crippen molar-refractivity contribution in [3.05, 3.63) is 34.3 Å². The third kappa shape index (κ3) is 2.49. The maximum absolute atomic E-state index is 10.4. The average Bonchev–Trinajstić information content (AvgIpc) is 2.17. The normalized spacial score (nSPS) is 29.2. The third-order valence-corrected chi connectivity index (χ3v) is 4.48. The summed E-state index contributed by atoms with van der Waals surface area (Å²) in [7, 11) is 0. The average molecular weight is 283 g/mol. The number of halogens is 1. The van der Waals surface area contributed by atoms with E-state index in [1.54, 1.807) is 0 Å². The van der Waals surface area contributed by atoms with Crippen molar-refractivity contribution in [3.63, 3.8) is 0 Å². The molecule has 0 amide bonds. The molecule has 1 aliphatic carbocycles. The third-order valence-electron chi connectivity index (χ3n) is 3.70. The van der Waals surface area contributed by atoms with E-state index in [2.05, 4.69) is 35.8 Å². The zero-order valence-electron chi connectivity index (χ0n) is 9.91. The van der Waals surface area contributed by atoms with Crippen LogP contribution in [-0.2, 0) is 6.42 Å². The Hall–Kier alpha value is -0.340. The van der Waals surface area contributed by atoms with Crippen LogP contribution in [0.2, 0.25) is 0 Å². The van der Waals surface area contributed by atoms with Gasteiger partial charge in [0.05, 0.1) is 5.60 Å².